The van der Waals surface area contributed by atoms with Gasteiger partial charge in [-0.15, -0.1) is 0 Å². The first-order chi connectivity index (χ1) is 7.66. The summed E-state index contributed by atoms with van der Waals surface area (Å²) in [5.74, 6) is 0.337. The smallest absolute Gasteiger partial charge is 0.0827 e. The number of hydrogen-bond acceptors (Lipinski definition) is 1. The molecule has 0 bridgehead atoms. The van der Waals surface area contributed by atoms with Crippen molar-refractivity contribution in [2.24, 2.45) is 5.92 Å². The Morgan fingerprint density at radius 1 is 1.25 bits per heavy atom. The third-order valence-electron chi connectivity index (χ3n) is 3.49. The average molecular weight is 277 g/mol. The molecule has 16 heavy (non-hydrogen) atoms. The van der Waals surface area contributed by atoms with Crippen molar-refractivity contribution in [2.45, 2.75) is 19.4 Å². The fourth-order valence-corrected chi connectivity index (χ4v) is 3.02. The van der Waals surface area contributed by atoms with Gasteiger partial charge in [0.2, 0.25) is 0 Å². The zero-order valence-corrected chi connectivity index (χ0v) is 10.7. The van der Waals surface area contributed by atoms with Gasteiger partial charge in [-0.25, -0.2) is 0 Å². The van der Waals surface area contributed by atoms with Gasteiger partial charge < -0.3 is 5.11 Å². The molecule has 0 saturated heterocycles. The highest BCUT2D eigenvalue weighted by Crippen LogP contribution is 2.40. The minimum Gasteiger partial charge on any atom is -0.388 e. The van der Waals surface area contributed by atoms with Crippen molar-refractivity contribution < 1.29 is 5.11 Å². The van der Waals surface area contributed by atoms with Crippen LogP contribution in [0.4, 0.5) is 0 Å². The third-order valence-corrected chi connectivity index (χ3v) is 3.98. The van der Waals surface area contributed by atoms with E-state index in [-0.39, 0.29) is 6.10 Å². The zero-order chi connectivity index (χ0) is 11.3. The van der Waals surface area contributed by atoms with E-state index in [1.54, 1.807) is 0 Å². The van der Waals surface area contributed by atoms with E-state index in [0.717, 1.165) is 16.5 Å². The average Bonchev–Trinajstić information content (AvgIpc) is 2.55. The van der Waals surface area contributed by atoms with E-state index in [9.17, 15) is 5.11 Å². The summed E-state index contributed by atoms with van der Waals surface area (Å²) in [6, 6.07) is 10.5. The first kappa shape index (κ1) is 10.3. The number of aliphatic hydroxyl groups is 1. The second-order valence-corrected chi connectivity index (χ2v) is 5.55. The zero-order valence-electron chi connectivity index (χ0n) is 9.07. The summed E-state index contributed by atoms with van der Waals surface area (Å²) < 4.78 is 1.08. The maximum absolute atomic E-state index is 10.2. The molecule has 0 amide bonds. The highest BCUT2D eigenvalue weighted by Gasteiger charge is 2.28. The second kappa shape index (κ2) is 3.57. The lowest BCUT2D eigenvalue weighted by Crippen LogP contribution is -2.01. The van der Waals surface area contributed by atoms with Crippen molar-refractivity contribution in [2.75, 3.05) is 0 Å². The lowest BCUT2D eigenvalue weighted by molar-refractivity contribution is 0.134. The van der Waals surface area contributed by atoms with Crippen LogP contribution < -0.4 is 0 Å². The summed E-state index contributed by atoms with van der Waals surface area (Å²) in [6.45, 7) is 2.11. The molecule has 2 atom stereocenters. The largest absolute Gasteiger partial charge is 0.388 e. The number of rotatable bonds is 0. The van der Waals surface area contributed by atoms with Crippen LogP contribution in [-0.4, -0.2) is 5.11 Å². The van der Waals surface area contributed by atoms with Gasteiger partial charge >= 0.3 is 0 Å². The molecule has 1 nitrogen and oxygen atoms in total. The van der Waals surface area contributed by atoms with Crippen LogP contribution in [0.3, 0.4) is 0 Å². The van der Waals surface area contributed by atoms with E-state index in [2.05, 4.69) is 47.1 Å². The first-order valence-corrected chi connectivity index (χ1v) is 6.35. The minimum atomic E-state index is -0.306. The van der Waals surface area contributed by atoms with Crippen molar-refractivity contribution in [1.82, 2.24) is 0 Å². The van der Waals surface area contributed by atoms with E-state index in [4.69, 9.17) is 0 Å². The molecular weight excluding hydrogens is 264 g/mol. The molecule has 0 saturated carbocycles. The quantitative estimate of drug-likeness (QED) is 0.776. The van der Waals surface area contributed by atoms with Gasteiger partial charge in [0, 0.05) is 4.47 Å². The van der Waals surface area contributed by atoms with Gasteiger partial charge in [0.05, 0.1) is 6.10 Å². The monoisotopic (exact) mass is 276 g/mol. The van der Waals surface area contributed by atoms with Crippen molar-refractivity contribution in [3.05, 3.63) is 45.9 Å². The van der Waals surface area contributed by atoms with Crippen molar-refractivity contribution in [3.8, 4) is 0 Å². The molecule has 0 radical (unpaired) electrons. The molecule has 0 aromatic heterocycles. The maximum atomic E-state index is 10.2. The molecule has 0 spiro atoms. The summed E-state index contributed by atoms with van der Waals surface area (Å²) >= 11 is 3.48. The van der Waals surface area contributed by atoms with E-state index in [1.165, 1.54) is 16.3 Å². The molecular formula is C14H13BrO. The minimum absolute atomic E-state index is 0.306. The summed E-state index contributed by atoms with van der Waals surface area (Å²) in [5.41, 5.74) is 2.44. The Bertz CT molecular complexity index is 562. The molecule has 1 aliphatic rings. The molecule has 0 heterocycles. The molecule has 2 aromatic rings. The molecule has 82 valence electrons. The standard InChI is InChI=1S/C14H13BrO/c1-8-6-10-3-2-9-7-11(15)4-5-12(9)13(10)14(8)16/h2-5,7-8,14,16H,6H2,1H3/t8-,14+/m0/s1. The Hall–Kier alpha value is -0.860. The summed E-state index contributed by atoms with van der Waals surface area (Å²) in [7, 11) is 0. The van der Waals surface area contributed by atoms with E-state index in [1.807, 2.05) is 6.07 Å². The molecule has 0 fully saturated rings. The second-order valence-electron chi connectivity index (χ2n) is 4.63. The fourth-order valence-electron chi connectivity index (χ4n) is 2.64. The highest BCUT2D eigenvalue weighted by atomic mass is 79.9. The number of aliphatic hydroxyl groups excluding tert-OH is 1. The topological polar surface area (TPSA) is 20.2 Å². The van der Waals surface area contributed by atoms with Crippen molar-refractivity contribution >= 4 is 26.7 Å². The number of hydrogen-bond donors (Lipinski definition) is 1. The molecule has 3 rings (SSSR count). The van der Waals surface area contributed by atoms with Crippen LogP contribution in [0.5, 0.6) is 0 Å². The van der Waals surface area contributed by atoms with E-state index < -0.39 is 0 Å². The fraction of sp³-hybridized carbons (Fsp3) is 0.286. The lowest BCUT2D eigenvalue weighted by atomic mass is 9.99. The van der Waals surface area contributed by atoms with Gasteiger partial charge in [0.15, 0.2) is 0 Å². The first-order valence-electron chi connectivity index (χ1n) is 5.56. The SMILES string of the molecule is C[C@H]1Cc2ccc3cc(Br)ccc3c2[C@@H]1O. The normalized spacial score (nSPS) is 23.7. The number of benzene rings is 2. The molecule has 0 unspecified atom stereocenters. The van der Waals surface area contributed by atoms with Crippen LogP contribution >= 0.6 is 15.9 Å². The van der Waals surface area contributed by atoms with E-state index >= 15 is 0 Å². The Morgan fingerprint density at radius 3 is 2.88 bits per heavy atom. The predicted molar refractivity (Wildman–Crippen MR) is 69.5 cm³/mol. The van der Waals surface area contributed by atoms with Gasteiger partial charge in [-0.2, -0.15) is 0 Å². The van der Waals surface area contributed by atoms with Crippen LogP contribution in [0.15, 0.2) is 34.8 Å². The summed E-state index contributed by atoms with van der Waals surface area (Å²) in [5, 5.41) is 12.6. The van der Waals surface area contributed by atoms with Gasteiger partial charge in [-0.1, -0.05) is 41.1 Å². The van der Waals surface area contributed by atoms with Gasteiger partial charge in [0.1, 0.15) is 0 Å². The number of fused-ring (bicyclic) bond motifs is 3. The highest BCUT2D eigenvalue weighted by molar-refractivity contribution is 9.10. The molecule has 2 heteroatoms. The predicted octanol–water partition coefficient (Wildman–Crippen LogP) is 3.83. The number of halogens is 1. The van der Waals surface area contributed by atoms with Crippen LogP contribution in [0.25, 0.3) is 10.8 Å². The van der Waals surface area contributed by atoms with Crippen molar-refractivity contribution in [3.63, 3.8) is 0 Å². The van der Waals surface area contributed by atoms with Crippen LogP contribution in [0, 0.1) is 5.92 Å². The lowest BCUT2D eigenvalue weighted by Gasteiger charge is -2.11. The Kier molecular flexibility index (Phi) is 2.30. The molecule has 2 aromatic carbocycles. The van der Waals surface area contributed by atoms with Crippen LogP contribution in [0.2, 0.25) is 0 Å². The van der Waals surface area contributed by atoms with E-state index in [0.29, 0.717) is 5.92 Å². The van der Waals surface area contributed by atoms with Crippen molar-refractivity contribution in [1.29, 1.82) is 0 Å². The summed E-state index contributed by atoms with van der Waals surface area (Å²) in [4.78, 5) is 0. The Labute approximate surface area is 103 Å². The maximum Gasteiger partial charge on any atom is 0.0827 e. The van der Waals surface area contributed by atoms with Crippen LogP contribution in [-0.2, 0) is 6.42 Å². The third kappa shape index (κ3) is 1.40. The molecule has 1 aliphatic carbocycles. The summed E-state index contributed by atoms with van der Waals surface area (Å²) in [6.07, 6.45) is 0.683. The molecule has 0 aliphatic heterocycles. The van der Waals surface area contributed by atoms with Gasteiger partial charge in [-0.05, 0) is 46.4 Å². The van der Waals surface area contributed by atoms with Gasteiger partial charge in [0.25, 0.3) is 0 Å². The molecule has 1 N–H and O–H groups in total. The Balaban J connectivity index is 2.33. The Morgan fingerprint density at radius 2 is 2.06 bits per heavy atom. The van der Waals surface area contributed by atoms with Gasteiger partial charge in [-0.3, -0.25) is 0 Å². The van der Waals surface area contributed by atoms with Crippen LogP contribution in [0.1, 0.15) is 24.2 Å².